The Labute approximate surface area is 107 Å². The van der Waals surface area contributed by atoms with Crippen molar-refractivity contribution in [2.24, 2.45) is 5.73 Å². The quantitative estimate of drug-likeness (QED) is 0.816. The van der Waals surface area contributed by atoms with Crippen molar-refractivity contribution in [3.05, 3.63) is 11.7 Å². The Balaban J connectivity index is 2.05. The summed E-state index contributed by atoms with van der Waals surface area (Å²) in [7, 11) is 3.33. The van der Waals surface area contributed by atoms with Gasteiger partial charge in [0.25, 0.3) is 0 Å². The Morgan fingerprint density at radius 2 is 2.11 bits per heavy atom. The van der Waals surface area contributed by atoms with Crippen LogP contribution in [0.3, 0.4) is 0 Å². The van der Waals surface area contributed by atoms with E-state index in [1.807, 2.05) is 0 Å². The van der Waals surface area contributed by atoms with Crippen LogP contribution in [0.2, 0.25) is 0 Å². The van der Waals surface area contributed by atoms with Crippen LogP contribution < -0.4 is 5.73 Å². The molecule has 0 radical (unpaired) electrons. The van der Waals surface area contributed by atoms with Crippen LogP contribution >= 0.6 is 0 Å². The molecule has 1 atom stereocenters. The Morgan fingerprint density at radius 1 is 1.39 bits per heavy atom. The van der Waals surface area contributed by atoms with Gasteiger partial charge in [0.1, 0.15) is 5.60 Å². The van der Waals surface area contributed by atoms with E-state index in [1.54, 1.807) is 14.2 Å². The minimum absolute atomic E-state index is 0.120. The standard InChI is InChI=1S/C12H21N3O3/c1-16-8-9(13)7-10-14-11(15-18-10)12(17-2)5-3-4-6-12/h9H,3-8,13H2,1-2H3. The van der Waals surface area contributed by atoms with Gasteiger partial charge in [0.2, 0.25) is 11.7 Å². The van der Waals surface area contributed by atoms with Crippen LogP contribution in [0, 0.1) is 0 Å². The zero-order valence-corrected chi connectivity index (χ0v) is 11.0. The second-order valence-electron chi connectivity index (χ2n) is 4.84. The first-order valence-corrected chi connectivity index (χ1v) is 6.33. The van der Waals surface area contributed by atoms with Gasteiger partial charge in [-0.2, -0.15) is 4.98 Å². The third-order valence-corrected chi connectivity index (χ3v) is 3.50. The fraction of sp³-hybridized carbons (Fsp3) is 0.833. The van der Waals surface area contributed by atoms with Crippen LogP contribution in [0.15, 0.2) is 4.52 Å². The highest BCUT2D eigenvalue weighted by Crippen LogP contribution is 2.40. The van der Waals surface area contributed by atoms with Crippen LogP contribution in [0.1, 0.15) is 37.4 Å². The summed E-state index contributed by atoms with van der Waals surface area (Å²) < 4.78 is 15.8. The highest BCUT2D eigenvalue weighted by atomic mass is 16.5. The third-order valence-electron chi connectivity index (χ3n) is 3.50. The molecule has 1 aliphatic rings. The van der Waals surface area contributed by atoms with E-state index in [-0.39, 0.29) is 11.6 Å². The summed E-state index contributed by atoms with van der Waals surface area (Å²) in [6.45, 7) is 0.479. The average molecular weight is 255 g/mol. The van der Waals surface area contributed by atoms with Crippen molar-refractivity contribution in [1.82, 2.24) is 10.1 Å². The van der Waals surface area contributed by atoms with Crippen LogP contribution in [0.25, 0.3) is 0 Å². The molecular formula is C12H21N3O3. The van der Waals surface area contributed by atoms with Crippen molar-refractivity contribution >= 4 is 0 Å². The van der Waals surface area contributed by atoms with Gasteiger partial charge in [-0.1, -0.05) is 5.16 Å². The zero-order valence-electron chi connectivity index (χ0n) is 11.0. The molecule has 2 N–H and O–H groups in total. The minimum Gasteiger partial charge on any atom is -0.383 e. The van der Waals surface area contributed by atoms with Gasteiger partial charge in [-0.05, 0) is 25.7 Å². The lowest BCUT2D eigenvalue weighted by molar-refractivity contribution is -0.0178. The molecule has 0 aliphatic heterocycles. The van der Waals surface area contributed by atoms with E-state index in [1.165, 1.54) is 0 Å². The topological polar surface area (TPSA) is 83.4 Å². The molecule has 6 nitrogen and oxygen atoms in total. The van der Waals surface area contributed by atoms with E-state index >= 15 is 0 Å². The summed E-state index contributed by atoms with van der Waals surface area (Å²) in [6, 6.07) is -0.120. The second-order valence-corrected chi connectivity index (χ2v) is 4.84. The smallest absolute Gasteiger partial charge is 0.228 e. The Hall–Kier alpha value is -0.980. The number of rotatable bonds is 6. The molecule has 1 aromatic rings. The molecule has 0 spiro atoms. The van der Waals surface area contributed by atoms with Gasteiger partial charge in [0.05, 0.1) is 6.61 Å². The average Bonchev–Trinajstić information content (AvgIpc) is 2.98. The highest BCUT2D eigenvalue weighted by Gasteiger charge is 2.40. The lowest BCUT2D eigenvalue weighted by Crippen LogP contribution is -2.28. The number of nitrogens with zero attached hydrogens (tertiary/aromatic N) is 2. The van der Waals surface area contributed by atoms with E-state index in [9.17, 15) is 0 Å². The predicted octanol–water partition coefficient (Wildman–Crippen LogP) is 1.00. The first-order valence-electron chi connectivity index (χ1n) is 6.33. The Kier molecular flexibility index (Phi) is 4.31. The SMILES string of the molecule is COCC(N)Cc1nc(C2(OC)CCCC2)no1. The minimum atomic E-state index is -0.354. The molecule has 102 valence electrons. The molecule has 2 rings (SSSR count). The molecule has 0 saturated heterocycles. The van der Waals surface area contributed by atoms with Gasteiger partial charge in [-0.15, -0.1) is 0 Å². The Morgan fingerprint density at radius 3 is 2.72 bits per heavy atom. The largest absolute Gasteiger partial charge is 0.383 e. The summed E-state index contributed by atoms with van der Waals surface area (Å²) >= 11 is 0. The number of hydrogen-bond donors (Lipinski definition) is 1. The molecular weight excluding hydrogens is 234 g/mol. The zero-order chi connectivity index (χ0) is 13.0. The van der Waals surface area contributed by atoms with Crippen molar-refractivity contribution in [3.8, 4) is 0 Å². The summed E-state index contributed by atoms with van der Waals surface area (Å²) in [6.07, 6.45) is 4.71. The highest BCUT2D eigenvalue weighted by molar-refractivity contribution is 5.04. The molecule has 1 fully saturated rings. The molecule has 0 bridgehead atoms. The summed E-state index contributed by atoms with van der Waals surface area (Å²) in [4.78, 5) is 4.42. The van der Waals surface area contributed by atoms with Gasteiger partial charge in [-0.3, -0.25) is 0 Å². The van der Waals surface area contributed by atoms with Crippen molar-refractivity contribution in [3.63, 3.8) is 0 Å². The molecule has 6 heteroatoms. The molecule has 1 aromatic heterocycles. The van der Waals surface area contributed by atoms with Gasteiger partial charge in [0.15, 0.2) is 0 Å². The third kappa shape index (κ3) is 2.71. The maximum absolute atomic E-state index is 5.86. The van der Waals surface area contributed by atoms with Gasteiger partial charge < -0.3 is 19.7 Å². The van der Waals surface area contributed by atoms with Gasteiger partial charge in [-0.25, -0.2) is 0 Å². The fourth-order valence-electron chi connectivity index (χ4n) is 2.49. The lowest BCUT2D eigenvalue weighted by atomic mass is 10.0. The maximum Gasteiger partial charge on any atom is 0.228 e. The van der Waals surface area contributed by atoms with Gasteiger partial charge in [0, 0.05) is 26.7 Å². The Bertz CT molecular complexity index is 374. The van der Waals surface area contributed by atoms with E-state index in [4.69, 9.17) is 19.7 Å². The van der Waals surface area contributed by atoms with Crippen LogP contribution in [-0.2, 0) is 21.5 Å². The fourth-order valence-corrected chi connectivity index (χ4v) is 2.49. The molecule has 1 heterocycles. The lowest BCUT2D eigenvalue weighted by Gasteiger charge is -2.22. The molecule has 1 unspecified atom stereocenters. The molecule has 1 saturated carbocycles. The van der Waals surface area contributed by atoms with E-state index < -0.39 is 0 Å². The van der Waals surface area contributed by atoms with Crippen LogP contribution in [-0.4, -0.2) is 37.0 Å². The van der Waals surface area contributed by atoms with Gasteiger partial charge >= 0.3 is 0 Å². The summed E-state index contributed by atoms with van der Waals surface area (Å²) in [5.41, 5.74) is 5.51. The maximum atomic E-state index is 5.86. The van der Waals surface area contributed by atoms with E-state index in [2.05, 4.69) is 10.1 Å². The number of aromatic nitrogens is 2. The first-order chi connectivity index (χ1) is 8.70. The van der Waals surface area contributed by atoms with Crippen molar-refractivity contribution in [2.75, 3.05) is 20.8 Å². The summed E-state index contributed by atoms with van der Waals surface area (Å²) in [5, 5.41) is 4.05. The molecule has 0 aromatic carbocycles. The predicted molar refractivity (Wildman–Crippen MR) is 65.0 cm³/mol. The first kappa shape index (κ1) is 13.5. The summed E-state index contributed by atoms with van der Waals surface area (Å²) in [5.74, 6) is 1.21. The van der Waals surface area contributed by atoms with Crippen molar-refractivity contribution in [1.29, 1.82) is 0 Å². The number of ether oxygens (including phenoxy) is 2. The van der Waals surface area contributed by atoms with E-state index in [0.717, 1.165) is 25.7 Å². The van der Waals surface area contributed by atoms with E-state index in [0.29, 0.717) is 24.7 Å². The number of hydrogen-bond acceptors (Lipinski definition) is 6. The van der Waals surface area contributed by atoms with Crippen molar-refractivity contribution < 1.29 is 14.0 Å². The molecule has 0 amide bonds. The van der Waals surface area contributed by atoms with Crippen LogP contribution in [0.4, 0.5) is 0 Å². The normalized spacial score (nSPS) is 20.2. The number of methoxy groups -OCH3 is 2. The molecule has 18 heavy (non-hydrogen) atoms. The number of nitrogens with two attached hydrogens (primary N) is 1. The van der Waals surface area contributed by atoms with Crippen molar-refractivity contribution in [2.45, 2.75) is 43.7 Å². The second kappa shape index (κ2) is 5.77. The van der Waals surface area contributed by atoms with Crippen LogP contribution in [0.5, 0.6) is 0 Å². The molecule has 1 aliphatic carbocycles. The monoisotopic (exact) mass is 255 g/mol.